The molecule has 0 radical (unpaired) electrons. The summed E-state index contributed by atoms with van der Waals surface area (Å²) >= 11 is 0. The van der Waals surface area contributed by atoms with Crippen molar-refractivity contribution in [1.82, 2.24) is 25.2 Å². The Morgan fingerprint density at radius 1 is 1.09 bits per heavy atom. The average molecular weight is 477 g/mol. The van der Waals surface area contributed by atoms with Crippen molar-refractivity contribution in [3.05, 3.63) is 30.1 Å². The molecule has 35 heavy (non-hydrogen) atoms. The first-order chi connectivity index (χ1) is 17.0. The molecule has 9 nitrogen and oxygen atoms in total. The van der Waals surface area contributed by atoms with E-state index in [-0.39, 0.29) is 17.5 Å². The van der Waals surface area contributed by atoms with Crippen LogP contribution in [0.1, 0.15) is 50.5 Å². The minimum Gasteiger partial charge on any atom is -0.370 e. The molecular formula is C26H36N8O. The zero-order valence-electron chi connectivity index (χ0n) is 20.8. The van der Waals surface area contributed by atoms with Crippen LogP contribution in [0, 0.1) is 0 Å². The van der Waals surface area contributed by atoms with E-state index in [0.717, 1.165) is 48.8 Å². The van der Waals surface area contributed by atoms with Gasteiger partial charge < -0.3 is 25.3 Å². The molecule has 2 aromatic heterocycles. The van der Waals surface area contributed by atoms with Gasteiger partial charge >= 0.3 is 0 Å². The largest absolute Gasteiger partial charge is 0.370 e. The van der Waals surface area contributed by atoms with Gasteiger partial charge in [-0.2, -0.15) is 4.98 Å². The van der Waals surface area contributed by atoms with E-state index < -0.39 is 0 Å². The van der Waals surface area contributed by atoms with E-state index >= 15 is 0 Å². The highest BCUT2D eigenvalue weighted by Gasteiger charge is 2.51. The summed E-state index contributed by atoms with van der Waals surface area (Å²) in [5, 5.41) is 6.48. The van der Waals surface area contributed by atoms with Gasteiger partial charge in [-0.05, 0) is 51.9 Å². The standard InChI is InChI=1S/C26H36N8O/c1-32(2)19-8-12-33(13-9-19)20-6-7-22(27-16-20)30-25-28-15-18-14-21-24(35)29-17-26(10-4-3-5-11-26)34(21)23(18)31-25/h6-7,15-16,19,21H,3-5,8-14,17H2,1-2H3,(H,29,35)(H,27,28,30,31). The Balaban J connectivity index is 1.18. The number of carbonyl (C=O) groups is 1. The Bertz CT molecular complexity index is 1070. The summed E-state index contributed by atoms with van der Waals surface area (Å²) in [7, 11) is 4.33. The van der Waals surface area contributed by atoms with Crippen molar-refractivity contribution in [3.63, 3.8) is 0 Å². The molecule has 9 heteroatoms. The third kappa shape index (κ3) is 4.09. The van der Waals surface area contributed by atoms with E-state index in [4.69, 9.17) is 4.98 Å². The van der Waals surface area contributed by atoms with Crippen molar-refractivity contribution in [1.29, 1.82) is 0 Å². The van der Waals surface area contributed by atoms with Crippen molar-refractivity contribution in [2.24, 2.45) is 0 Å². The second-order valence-corrected chi connectivity index (χ2v) is 10.8. The molecular weight excluding hydrogens is 440 g/mol. The third-order valence-electron chi connectivity index (χ3n) is 8.53. The number of pyridine rings is 1. The van der Waals surface area contributed by atoms with Crippen LogP contribution in [0.5, 0.6) is 0 Å². The van der Waals surface area contributed by atoms with Crippen LogP contribution in [0.25, 0.3) is 0 Å². The zero-order chi connectivity index (χ0) is 24.0. The summed E-state index contributed by atoms with van der Waals surface area (Å²) in [5.74, 6) is 2.30. The van der Waals surface area contributed by atoms with E-state index in [1.165, 1.54) is 32.1 Å². The number of hydrogen-bond donors (Lipinski definition) is 2. The summed E-state index contributed by atoms with van der Waals surface area (Å²) in [6, 6.07) is 4.62. The van der Waals surface area contributed by atoms with Gasteiger partial charge in [-0.25, -0.2) is 9.97 Å². The quantitative estimate of drug-likeness (QED) is 0.696. The summed E-state index contributed by atoms with van der Waals surface area (Å²) < 4.78 is 0. The van der Waals surface area contributed by atoms with Crippen LogP contribution in [-0.4, -0.2) is 77.1 Å². The average Bonchev–Trinajstić information content (AvgIpc) is 3.28. The molecule has 0 aromatic carbocycles. The molecule has 1 saturated carbocycles. The molecule has 0 bridgehead atoms. The molecule has 4 aliphatic rings. The Morgan fingerprint density at radius 2 is 1.89 bits per heavy atom. The highest BCUT2D eigenvalue weighted by Crippen LogP contribution is 2.44. The summed E-state index contributed by atoms with van der Waals surface area (Å²) in [5.41, 5.74) is 2.20. The van der Waals surface area contributed by atoms with Crippen LogP contribution < -0.4 is 20.4 Å². The van der Waals surface area contributed by atoms with Crippen molar-refractivity contribution in [2.45, 2.75) is 69.0 Å². The van der Waals surface area contributed by atoms with Gasteiger partial charge in [0.25, 0.3) is 0 Å². The van der Waals surface area contributed by atoms with Crippen LogP contribution in [-0.2, 0) is 11.2 Å². The van der Waals surface area contributed by atoms with Crippen LogP contribution in [0.3, 0.4) is 0 Å². The van der Waals surface area contributed by atoms with Gasteiger partial charge in [0.2, 0.25) is 11.9 Å². The van der Waals surface area contributed by atoms with Crippen LogP contribution >= 0.6 is 0 Å². The van der Waals surface area contributed by atoms with Gasteiger partial charge in [0.15, 0.2) is 0 Å². The maximum absolute atomic E-state index is 12.7. The third-order valence-corrected chi connectivity index (χ3v) is 8.53. The molecule has 2 aromatic rings. The van der Waals surface area contributed by atoms with Gasteiger partial charge in [-0.3, -0.25) is 4.79 Å². The summed E-state index contributed by atoms with van der Waals surface area (Å²) in [6.45, 7) is 2.82. The monoisotopic (exact) mass is 476 g/mol. The van der Waals surface area contributed by atoms with E-state index in [9.17, 15) is 4.79 Å². The SMILES string of the molecule is CN(C)C1CCN(c2ccc(Nc3ncc4c(n3)N3C(C4)C(=O)NCC34CCCCC4)nc2)CC1. The van der Waals surface area contributed by atoms with E-state index in [1.54, 1.807) is 0 Å². The van der Waals surface area contributed by atoms with E-state index in [2.05, 4.69) is 55.5 Å². The minimum absolute atomic E-state index is 0.0202. The van der Waals surface area contributed by atoms with Gasteiger partial charge in [0.05, 0.1) is 17.4 Å². The Labute approximate surface area is 207 Å². The molecule has 5 heterocycles. The van der Waals surface area contributed by atoms with Crippen molar-refractivity contribution in [3.8, 4) is 0 Å². The lowest BCUT2D eigenvalue weighted by Crippen LogP contribution is -2.67. The molecule has 1 spiro atoms. The lowest BCUT2D eigenvalue weighted by molar-refractivity contribution is -0.124. The highest BCUT2D eigenvalue weighted by atomic mass is 16.2. The summed E-state index contributed by atoms with van der Waals surface area (Å²) in [6.07, 6.45) is 12.7. The second kappa shape index (κ2) is 8.93. The van der Waals surface area contributed by atoms with E-state index in [1.807, 2.05) is 18.5 Å². The molecule has 3 aliphatic heterocycles. The normalized spacial score (nSPS) is 23.9. The first-order valence-corrected chi connectivity index (χ1v) is 13.1. The van der Waals surface area contributed by atoms with Crippen LogP contribution in [0.4, 0.5) is 23.3 Å². The molecule has 1 atom stereocenters. The molecule has 6 rings (SSSR count). The molecule has 3 fully saturated rings. The van der Waals surface area contributed by atoms with Gasteiger partial charge in [0, 0.05) is 43.9 Å². The predicted octanol–water partition coefficient (Wildman–Crippen LogP) is 2.71. The smallest absolute Gasteiger partial charge is 0.243 e. The first-order valence-electron chi connectivity index (χ1n) is 13.1. The van der Waals surface area contributed by atoms with Gasteiger partial charge in [-0.1, -0.05) is 19.3 Å². The number of anilines is 4. The lowest BCUT2D eigenvalue weighted by Gasteiger charge is -2.51. The Hall–Kier alpha value is -2.94. The molecule has 2 saturated heterocycles. The van der Waals surface area contributed by atoms with Crippen molar-refractivity contribution >= 4 is 29.2 Å². The predicted molar refractivity (Wildman–Crippen MR) is 137 cm³/mol. The van der Waals surface area contributed by atoms with Crippen LogP contribution in [0.15, 0.2) is 24.5 Å². The number of carbonyl (C=O) groups excluding carboxylic acids is 1. The Kier molecular flexibility index (Phi) is 5.75. The maximum Gasteiger partial charge on any atom is 0.243 e. The first kappa shape index (κ1) is 22.5. The van der Waals surface area contributed by atoms with Crippen LogP contribution in [0.2, 0.25) is 0 Å². The number of amides is 1. The minimum atomic E-state index is -0.171. The number of fused-ring (bicyclic) bond motifs is 4. The molecule has 1 aliphatic carbocycles. The second-order valence-electron chi connectivity index (χ2n) is 10.8. The van der Waals surface area contributed by atoms with Crippen molar-refractivity contribution in [2.75, 3.05) is 48.8 Å². The fourth-order valence-corrected chi connectivity index (χ4v) is 6.51. The molecule has 1 amide bonds. The number of piperidine rings is 1. The van der Waals surface area contributed by atoms with E-state index in [0.29, 0.717) is 25.0 Å². The highest BCUT2D eigenvalue weighted by molar-refractivity contribution is 5.90. The zero-order valence-corrected chi connectivity index (χ0v) is 20.8. The van der Waals surface area contributed by atoms with Gasteiger partial charge in [0.1, 0.15) is 17.7 Å². The number of aromatic nitrogens is 3. The van der Waals surface area contributed by atoms with Gasteiger partial charge in [-0.15, -0.1) is 0 Å². The lowest BCUT2D eigenvalue weighted by atomic mass is 9.78. The number of piperazine rings is 1. The fourth-order valence-electron chi connectivity index (χ4n) is 6.51. The number of nitrogens with one attached hydrogen (secondary N) is 2. The number of nitrogens with zero attached hydrogens (tertiary/aromatic N) is 6. The number of hydrogen-bond acceptors (Lipinski definition) is 8. The number of rotatable bonds is 4. The Morgan fingerprint density at radius 3 is 2.60 bits per heavy atom. The maximum atomic E-state index is 12.7. The summed E-state index contributed by atoms with van der Waals surface area (Å²) in [4.78, 5) is 33.9. The topological polar surface area (TPSA) is 89.5 Å². The molecule has 1 unspecified atom stereocenters. The fraction of sp³-hybridized carbons (Fsp3) is 0.615. The molecule has 186 valence electrons. The molecule has 2 N–H and O–H groups in total. The van der Waals surface area contributed by atoms with Crippen molar-refractivity contribution < 1.29 is 4.79 Å².